The summed E-state index contributed by atoms with van der Waals surface area (Å²) in [5.74, 6) is 2.06. The molecule has 0 bridgehead atoms. The highest BCUT2D eigenvalue weighted by atomic mass is 16.6. The second kappa shape index (κ2) is 8.24. The SMILES string of the molecule is CCOc1ccccc1/C=C/C(=O)NCc1ccc2c(c1)OCCO2. The van der Waals surface area contributed by atoms with E-state index in [4.69, 9.17) is 14.2 Å². The molecular formula is C20H21NO4. The summed E-state index contributed by atoms with van der Waals surface area (Å²) in [6, 6.07) is 13.3. The summed E-state index contributed by atoms with van der Waals surface area (Å²) in [5, 5.41) is 2.86. The Kier molecular flexibility index (Phi) is 5.57. The van der Waals surface area contributed by atoms with Gasteiger partial charge in [-0.15, -0.1) is 0 Å². The van der Waals surface area contributed by atoms with Crippen molar-refractivity contribution in [3.05, 3.63) is 59.7 Å². The average Bonchev–Trinajstić information content (AvgIpc) is 2.66. The number of amides is 1. The van der Waals surface area contributed by atoms with Crippen LogP contribution in [-0.2, 0) is 11.3 Å². The van der Waals surface area contributed by atoms with Crippen molar-refractivity contribution in [3.8, 4) is 17.2 Å². The molecule has 1 aliphatic rings. The largest absolute Gasteiger partial charge is 0.493 e. The molecule has 5 nitrogen and oxygen atoms in total. The first kappa shape index (κ1) is 16.9. The van der Waals surface area contributed by atoms with E-state index < -0.39 is 0 Å². The first-order chi connectivity index (χ1) is 12.3. The average molecular weight is 339 g/mol. The van der Waals surface area contributed by atoms with Crippen LogP contribution in [-0.4, -0.2) is 25.7 Å². The molecule has 0 saturated carbocycles. The molecule has 0 spiro atoms. The number of nitrogens with one attached hydrogen (secondary N) is 1. The van der Waals surface area contributed by atoms with Gasteiger partial charge in [-0.3, -0.25) is 4.79 Å². The van der Waals surface area contributed by atoms with Crippen LogP contribution >= 0.6 is 0 Å². The zero-order chi connectivity index (χ0) is 17.5. The summed E-state index contributed by atoms with van der Waals surface area (Å²) in [5.41, 5.74) is 1.83. The van der Waals surface area contributed by atoms with Crippen LogP contribution < -0.4 is 19.5 Å². The molecule has 0 unspecified atom stereocenters. The van der Waals surface area contributed by atoms with Gasteiger partial charge in [-0.25, -0.2) is 0 Å². The minimum absolute atomic E-state index is 0.166. The van der Waals surface area contributed by atoms with Gasteiger partial charge in [-0.2, -0.15) is 0 Å². The van der Waals surface area contributed by atoms with Crippen LogP contribution in [0.3, 0.4) is 0 Å². The van der Waals surface area contributed by atoms with Crippen LogP contribution in [0.15, 0.2) is 48.5 Å². The molecule has 5 heteroatoms. The number of para-hydroxylation sites is 1. The van der Waals surface area contributed by atoms with Crippen molar-refractivity contribution in [3.63, 3.8) is 0 Å². The second-order valence-electron chi connectivity index (χ2n) is 5.50. The Labute approximate surface area is 147 Å². The quantitative estimate of drug-likeness (QED) is 0.821. The second-order valence-corrected chi connectivity index (χ2v) is 5.50. The Morgan fingerprint density at radius 1 is 1.16 bits per heavy atom. The molecule has 1 aliphatic heterocycles. The van der Waals surface area contributed by atoms with Gasteiger partial charge in [0.05, 0.1) is 6.61 Å². The van der Waals surface area contributed by atoms with E-state index in [1.165, 1.54) is 6.08 Å². The Balaban J connectivity index is 1.58. The lowest BCUT2D eigenvalue weighted by Crippen LogP contribution is -2.21. The fourth-order valence-corrected chi connectivity index (χ4v) is 2.52. The molecule has 0 aromatic heterocycles. The van der Waals surface area contributed by atoms with Gasteiger partial charge >= 0.3 is 0 Å². The van der Waals surface area contributed by atoms with Gasteiger partial charge in [-0.1, -0.05) is 24.3 Å². The summed E-state index contributed by atoms with van der Waals surface area (Å²) in [6.07, 6.45) is 3.26. The zero-order valence-electron chi connectivity index (χ0n) is 14.2. The van der Waals surface area contributed by atoms with E-state index in [9.17, 15) is 4.79 Å². The molecule has 0 saturated heterocycles. The summed E-state index contributed by atoms with van der Waals surface area (Å²) >= 11 is 0. The first-order valence-corrected chi connectivity index (χ1v) is 8.32. The van der Waals surface area contributed by atoms with E-state index in [1.54, 1.807) is 6.08 Å². The highest BCUT2D eigenvalue weighted by Gasteiger charge is 2.11. The van der Waals surface area contributed by atoms with Gasteiger partial charge in [0.2, 0.25) is 5.91 Å². The molecule has 2 aromatic carbocycles. The first-order valence-electron chi connectivity index (χ1n) is 8.32. The molecular weight excluding hydrogens is 318 g/mol. The molecule has 0 radical (unpaired) electrons. The third-order valence-electron chi connectivity index (χ3n) is 3.71. The van der Waals surface area contributed by atoms with Crippen LogP contribution in [0.2, 0.25) is 0 Å². The predicted molar refractivity (Wildman–Crippen MR) is 95.9 cm³/mol. The number of ether oxygens (including phenoxy) is 3. The Morgan fingerprint density at radius 3 is 2.80 bits per heavy atom. The third-order valence-corrected chi connectivity index (χ3v) is 3.71. The van der Waals surface area contributed by atoms with Crippen molar-refractivity contribution in [1.82, 2.24) is 5.32 Å². The van der Waals surface area contributed by atoms with E-state index >= 15 is 0 Å². The number of benzene rings is 2. The summed E-state index contributed by atoms with van der Waals surface area (Å²) in [7, 11) is 0. The number of carbonyl (C=O) groups excluding carboxylic acids is 1. The van der Waals surface area contributed by atoms with E-state index in [1.807, 2.05) is 49.4 Å². The van der Waals surface area contributed by atoms with Gasteiger partial charge in [0, 0.05) is 18.2 Å². The molecule has 0 aliphatic carbocycles. The number of rotatable bonds is 6. The van der Waals surface area contributed by atoms with Crippen LogP contribution in [0.5, 0.6) is 17.2 Å². The Bertz CT molecular complexity index is 770. The maximum absolute atomic E-state index is 12.1. The smallest absolute Gasteiger partial charge is 0.244 e. The monoisotopic (exact) mass is 339 g/mol. The highest BCUT2D eigenvalue weighted by molar-refractivity contribution is 5.92. The number of hydrogen-bond acceptors (Lipinski definition) is 4. The van der Waals surface area contributed by atoms with Gasteiger partial charge < -0.3 is 19.5 Å². The van der Waals surface area contributed by atoms with Gasteiger partial charge in [0.1, 0.15) is 19.0 Å². The maximum atomic E-state index is 12.1. The van der Waals surface area contributed by atoms with E-state index in [0.29, 0.717) is 26.4 Å². The van der Waals surface area contributed by atoms with Crippen molar-refractivity contribution >= 4 is 12.0 Å². The number of fused-ring (bicyclic) bond motifs is 1. The fraction of sp³-hybridized carbons (Fsp3) is 0.250. The van der Waals surface area contributed by atoms with Crippen molar-refractivity contribution in [2.45, 2.75) is 13.5 Å². The van der Waals surface area contributed by atoms with Crippen molar-refractivity contribution < 1.29 is 19.0 Å². The Morgan fingerprint density at radius 2 is 1.96 bits per heavy atom. The summed E-state index contributed by atoms with van der Waals surface area (Å²) < 4.78 is 16.6. The molecule has 3 rings (SSSR count). The van der Waals surface area contributed by atoms with E-state index in [0.717, 1.165) is 28.4 Å². The van der Waals surface area contributed by atoms with E-state index in [-0.39, 0.29) is 5.91 Å². The van der Waals surface area contributed by atoms with Crippen LogP contribution in [0.25, 0.3) is 6.08 Å². The van der Waals surface area contributed by atoms with Crippen LogP contribution in [0.4, 0.5) is 0 Å². The molecule has 0 atom stereocenters. The molecule has 0 fully saturated rings. The summed E-state index contributed by atoms with van der Waals surface area (Å²) in [4.78, 5) is 12.1. The molecule has 2 aromatic rings. The number of hydrogen-bond donors (Lipinski definition) is 1. The normalized spacial score (nSPS) is 12.8. The molecule has 1 heterocycles. The van der Waals surface area contributed by atoms with Gasteiger partial charge in [-0.05, 0) is 36.8 Å². The van der Waals surface area contributed by atoms with E-state index in [2.05, 4.69) is 5.32 Å². The highest BCUT2D eigenvalue weighted by Crippen LogP contribution is 2.30. The molecule has 1 N–H and O–H groups in total. The standard InChI is InChI=1S/C20H21NO4/c1-2-23-17-6-4-3-5-16(17)8-10-20(22)21-14-15-7-9-18-19(13-15)25-12-11-24-18/h3-10,13H,2,11-12,14H2,1H3,(H,21,22)/b10-8+. The fourth-order valence-electron chi connectivity index (χ4n) is 2.52. The lowest BCUT2D eigenvalue weighted by molar-refractivity contribution is -0.116. The van der Waals surface area contributed by atoms with Gasteiger partial charge in [0.15, 0.2) is 11.5 Å². The topological polar surface area (TPSA) is 56.8 Å². The lowest BCUT2D eigenvalue weighted by Gasteiger charge is -2.18. The van der Waals surface area contributed by atoms with Crippen molar-refractivity contribution in [2.24, 2.45) is 0 Å². The molecule has 1 amide bonds. The summed E-state index contributed by atoms with van der Waals surface area (Å²) in [6.45, 7) is 4.05. The predicted octanol–water partition coefficient (Wildman–Crippen LogP) is 3.19. The minimum Gasteiger partial charge on any atom is -0.493 e. The Hall–Kier alpha value is -2.95. The lowest BCUT2D eigenvalue weighted by atomic mass is 10.1. The van der Waals surface area contributed by atoms with Gasteiger partial charge in [0.25, 0.3) is 0 Å². The third kappa shape index (κ3) is 4.53. The zero-order valence-corrected chi connectivity index (χ0v) is 14.2. The number of carbonyl (C=O) groups is 1. The van der Waals surface area contributed by atoms with Crippen molar-refractivity contribution in [2.75, 3.05) is 19.8 Å². The van der Waals surface area contributed by atoms with Crippen molar-refractivity contribution in [1.29, 1.82) is 0 Å². The maximum Gasteiger partial charge on any atom is 0.244 e. The molecule has 130 valence electrons. The van der Waals surface area contributed by atoms with Crippen LogP contribution in [0.1, 0.15) is 18.1 Å². The van der Waals surface area contributed by atoms with Crippen LogP contribution in [0, 0.1) is 0 Å². The minimum atomic E-state index is -0.166. The molecule has 25 heavy (non-hydrogen) atoms.